The Morgan fingerprint density at radius 2 is 2.27 bits per heavy atom. The number of carboxylic acids is 1. The Kier molecular flexibility index (Phi) is 3.57. The number of hydrogen-bond donors (Lipinski definition) is 1. The third-order valence-electron chi connectivity index (χ3n) is 1.60. The fourth-order valence-corrected chi connectivity index (χ4v) is 1.45. The van der Waals surface area contributed by atoms with E-state index in [1.165, 1.54) is 7.11 Å². The summed E-state index contributed by atoms with van der Waals surface area (Å²) in [6, 6.07) is 1.04. The standard InChI is InChI=1S/C8H6BrF2NO3/c1-15-7-4(9)2-3(8(13)14)5(12-7)6(10)11/h2,6H,1H3,(H,13,14). The molecule has 1 heterocycles. The highest BCUT2D eigenvalue weighted by molar-refractivity contribution is 9.10. The molecule has 82 valence electrons. The number of nitrogens with zero attached hydrogens (tertiary/aromatic N) is 1. The quantitative estimate of drug-likeness (QED) is 0.925. The van der Waals surface area contributed by atoms with Gasteiger partial charge in [-0.25, -0.2) is 18.6 Å². The highest BCUT2D eigenvalue weighted by Crippen LogP contribution is 2.29. The van der Waals surface area contributed by atoms with Crippen LogP contribution in [0.15, 0.2) is 10.5 Å². The molecule has 0 radical (unpaired) electrons. The first kappa shape index (κ1) is 11.8. The molecule has 0 aliphatic heterocycles. The van der Waals surface area contributed by atoms with Crippen LogP contribution in [0.5, 0.6) is 5.88 Å². The highest BCUT2D eigenvalue weighted by Gasteiger charge is 2.22. The van der Waals surface area contributed by atoms with Gasteiger partial charge < -0.3 is 9.84 Å². The van der Waals surface area contributed by atoms with Crippen LogP contribution >= 0.6 is 15.9 Å². The summed E-state index contributed by atoms with van der Waals surface area (Å²) >= 11 is 2.96. The van der Waals surface area contributed by atoms with Crippen molar-refractivity contribution in [3.05, 3.63) is 21.8 Å². The lowest BCUT2D eigenvalue weighted by atomic mass is 10.2. The van der Waals surface area contributed by atoms with E-state index in [1.807, 2.05) is 0 Å². The van der Waals surface area contributed by atoms with E-state index in [9.17, 15) is 13.6 Å². The maximum Gasteiger partial charge on any atom is 0.337 e. The molecule has 0 aromatic carbocycles. The lowest BCUT2D eigenvalue weighted by molar-refractivity contribution is 0.0681. The Labute approximate surface area is 92.0 Å². The van der Waals surface area contributed by atoms with Gasteiger partial charge in [0.25, 0.3) is 6.43 Å². The van der Waals surface area contributed by atoms with Gasteiger partial charge in [-0.2, -0.15) is 0 Å². The molecule has 1 N–H and O–H groups in total. The van der Waals surface area contributed by atoms with E-state index in [4.69, 9.17) is 5.11 Å². The zero-order chi connectivity index (χ0) is 11.6. The number of alkyl halides is 2. The molecule has 1 aromatic rings. The molecule has 0 saturated carbocycles. The van der Waals surface area contributed by atoms with Crippen molar-refractivity contribution in [3.63, 3.8) is 0 Å². The molecule has 0 fully saturated rings. The minimum Gasteiger partial charge on any atom is -0.480 e. The maximum absolute atomic E-state index is 12.4. The van der Waals surface area contributed by atoms with Crippen LogP contribution in [0.4, 0.5) is 8.78 Å². The third-order valence-corrected chi connectivity index (χ3v) is 2.17. The van der Waals surface area contributed by atoms with Gasteiger partial charge in [0.1, 0.15) is 5.69 Å². The van der Waals surface area contributed by atoms with E-state index < -0.39 is 23.7 Å². The molecule has 0 saturated heterocycles. The number of pyridine rings is 1. The first-order valence-electron chi connectivity index (χ1n) is 3.73. The molecule has 0 bridgehead atoms. The first-order chi connectivity index (χ1) is 6.97. The zero-order valence-corrected chi connectivity index (χ0v) is 9.09. The maximum atomic E-state index is 12.4. The monoisotopic (exact) mass is 281 g/mol. The second-order valence-corrected chi connectivity index (χ2v) is 3.37. The second kappa shape index (κ2) is 4.52. The smallest absolute Gasteiger partial charge is 0.337 e. The van der Waals surface area contributed by atoms with Crippen LogP contribution in [0.25, 0.3) is 0 Å². The number of halogens is 3. The van der Waals surface area contributed by atoms with Gasteiger partial charge in [0.05, 0.1) is 17.1 Å². The minimum absolute atomic E-state index is 0.0738. The van der Waals surface area contributed by atoms with Crippen molar-refractivity contribution in [1.29, 1.82) is 0 Å². The van der Waals surface area contributed by atoms with E-state index in [0.29, 0.717) is 0 Å². The van der Waals surface area contributed by atoms with Crippen LogP contribution in [-0.4, -0.2) is 23.2 Å². The SMILES string of the molecule is COc1nc(C(F)F)c(C(=O)O)cc1Br. The number of ether oxygens (including phenoxy) is 1. The van der Waals surface area contributed by atoms with Gasteiger partial charge in [-0.3, -0.25) is 0 Å². The van der Waals surface area contributed by atoms with Gasteiger partial charge in [-0.05, 0) is 22.0 Å². The number of aromatic carboxylic acids is 1. The van der Waals surface area contributed by atoms with Gasteiger partial charge in [-0.1, -0.05) is 0 Å². The average molecular weight is 282 g/mol. The summed E-state index contributed by atoms with van der Waals surface area (Å²) < 4.78 is 29.8. The zero-order valence-electron chi connectivity index (χ0n) is 7.50. The lowest BCUT2D eigenvalue weighted by Crippen LogP contribution is -2.07. The number of hydrogen-bond acceptors (Lipinski definition) is 3. The van der Waals surface area contributed by atoms with Crippen LogP contribution in [0.2, 0.25) is 0 Å². The van der Waals surface area contributed by atoms with E-state index in [-0.39, 0.29) is 10.4 Å². The van der Waals surface area contributed by atoms with Crippen molar-refractivity contribution in [3.8, 4) is 5.88 Å². The van der Waals surface area contributed by atoms with E-state index >= 15 is 0 Å². The molecule has 1 rings (SSSR count). The topological polar surface area (TPSA) is 59.4 Å². The number of carbonyl (C=O) groups is 1. The Balaban J connectivity index is 3.38. The highest BCUT2D eigenvalue weighted by atomic mass is 79.9. The number of carboxylic acid groups (broad SMARTS) is 1. The molecule has 4 nitrogen and oxygen atoms in total. The van der Waals surface area contributed by atoms with E-state index in [1.54, 1.807) is 0 Å². The molecular formula is C8H6BrF2NO3. The lowest BCUT2D eigenvalue weighted by Gasteiger charge is -2.08. The van der Waals surface area contributed by atoms with Crippen molar-refractivity contribution < 1.29 is 23.4 Å². The second-order valence-electron chi connectivity index (χ2n) is 2.52. The summed E-state index contributed by atoms with van der Waals surface area (Å²) in [4.78, 5) is 14.1. The molecule has 1 aromatic heterocycles. The Bertz CT molecular complexity index is 398. The Hall–Kier alpha value is -1.24. The number of methoxy groups -OCH3 is 1. The fourth-order valence-electron chi connectivity index (χ4n) is 0.966. The van der Waals surface area contributed by atoms with Crippen LogP contribution in [0.1, 0.15) is 22.5 Å². The average Bonchev–Trinajstić information content (AvgIpc) is 2.16. The predicted octanol–water partition coefficient (Wildman–Crippen LogP) is 2.49. The Morgan fingerprint density at radius 3 is 2.67 bits per heavy atom. The van der Waals surface area contributed by atoms with Crippen molar-refractivity contribution in [2.75, 3.05) is 7.11 Å². The van der Waals surface area contributed by atoms with Gasteiger partial charge in [0, 0.05) is 0 Å². The van der Waals surface area contributed by atoms with Crippen molar-refractivity contribution in [2.45, 2.75) is 6.43 Å². The van der Waals surface area contributed by atoms with Crippen molar-refractivity contribution in [2.24, 2.45) is 0 Å². The summed E-state index contributed by atoms with van der Waals surface area (Å²) in [5, 5.41) is 8.67. The van der Waals surface area contributed by atoms with E-state index in [2.05, 4.69) is 25.7 Å². The molecule has 0 aliphatic rings. The Morgan fingerprint density at radius 1 is 1.67 bits per heavy atom. The van der Waals surface area contributed by atoms with Gasteiger partial charge in [0.2, 0.25) is 5.88 Å². The number of rotatable bonds is 3. The van der Waals surface area contributed by atoms with Gasteiger partial charge >= 0.3 is 5.97 Å². The summed E-state index contributed by atoms with van der Waals surface area (Å²) in [5.74, 6) is -1.53. The van der Waals surface area contributed by atoms with Crippen molar-refractivity contribution in [1.82, 2.24) is 4.98 Å². The van der Waals surface area contributed by atoms with E-state index in [0.717, 1.165) is 6.07 Å². The summed E-state index contributed by atoms with van der Waals surface area (Å²) in [5.41, 5.74) is -1.35. The van der Waals surface area contributed by atoms with Crippen LogP contribution in [0, 0.1) is 0 Å². The molecule has 0 spiro atoms. The minimum atomic E-state index is -2.96. The molecule has 0 aliphatic carbocycles. The molecular weight excluding hydrogens is 276 g/mol. The molecule has 0 amide bonds. The molecule has 0 atom stereocenters. The number of aromatic nitrogens is 1. The van der Waals surface area contributed by atoms with Crippen LogP contribution in [0.3, 0.4) is 0 Å². The fraction of sp³-hybridized carbons (Fsp3) is 0.250. The van der Waals surface area contributed by atoms with Gasteiger partial charge in [-0.15, -0.1) is 0 Å². The largest absolute Gasteiger partial charge is 0.480 e. The van der Waals surface area contributed by atoms with Gasteiger partial charge in [0.15, 0.2) is 0 Å². The van der Waals surface area contributed by atoms with Crippen molar-refractivity contribution >= 4 is 21.9 Å². The predicted molar refractivity (Wildman–Crippen MR) is 50.4 cm³/mol. The normalized spacial score (nSPS) is 10.5. The first-order valence-corrected chi connectivity index (χ1v) is 4.52. The molecule has 15 heavy (non-hydrogen) atoms. The molecule has 0 unspecified atom stereocenters. The third kappa shape index (κ3) is 2.41. The summed E-state index contributed by atoms with van der Waals surface area (Å²) in [7, 11) is 1.25. The summed E-state index contributed by atoms with van der Waals surface area (Å²) in [6.45, 7) is 0. The van der Waals surface area contributed by atoms with Crippen LogP contribution in [-0.2, 0) is 0 Å². The van der Waals surface area contributed by atoms with Crippen LogP contribution < -0.4 is 4.74 Å². The summed E-state index contributed by atoms with van der Waals surface area (Å²) in [6.07, 6.45) is -2.96. The molecule has 7 heteroatoms.